The number of hydrogen-bond acceptors (Lipinski definition) is 5. The average molecular weight is 386 g/mol. The van der Waals surface area contributed by atoms with Crippen molar-refractivity contribution >= 4 is 17.5 Å². The highest BCUT2D eigenvalue weighted by Crippen LogP contribution is 2.25. The fourth-order valence-electron chi connectivity index (χ4n) is 2.59. The highest BCUT2D eigenvalue weighted by molar-refractivity contribution is 6.06. The molecule has 1 atom stereocenters. The van der Waals surface area contributed by atoms with Crippen molar-refractivity contribution in [1.29, 1.82) is 0 Å². The molecule has 1 fully saturated rings. The van der Waals surface area contributed by atoms with E-state index < -0.39 is 30.8 Å². The third-order valence-electron chi connectivity index (χ3n) is 3.84. The van der Waals surface area contributed by atoms with Crippen molar-refractivity contribution in [2.45, 2.75) is 31.7 Å². The third kappa shape index (κ3) is 4.88. The van der Waals surface area contributed by atoms with Crippen molar-refractivity contribution in [3.05, 3.63) is 36.0 Å². The average Bonchev–Trinajstić information content (AvgIpc) is 3.30. The summed E-state index contributed by atoms with van der Waals surface area (Å²) in [4.78, 5) is 24.3. The Morgan fingerprint density at radius 2 is 2.11 bits per heavy atom. The van der Waals surface area contributed by atoms with E-state index in [0.29, 0.717) is 13.0 Å². The summed E-state index contributed by atoms with van der Waals surface area (Å²) >= 11 is 0. The number of nitrogens with zero attached hydrogens (tertiary/aromatic N) is 2. The molecule has 2 aromatic rings. The Bertz CT molecular complexity index is 795. The van der Waals surface area contributed by atoms with E-state index in [1.165, 1.54) is 29.3 Å². The summed E-state index contributed by atoms with van der Waals surface area (Å²) in [6, 6.07) is 2.92. The number of alkyl halides is 3. The molecule has 1 unspecified atom stereocenters. The van der Waals surface area contributed by atoms with Crippen LogP contribution in [-0.4, -0.2) is 40.9 Å². The van der Waals surface area contributed by atoms with Gasteiger partial charge in [-0.15, -0.1) is 0 Å². The number of furan rings is 1. The summed E-state index contributed by atoms with van der Waals surface area (Å²) in [6.45, 7) is -1.00. The molecule has 0 aliphatic carbocycles. The van der Waals surface area contributed by atoms with Crippen molar-refractivity contribution in [2.24, 2.45) is 0 Å². The van der Waals surface area contributed by atoms with E-state index in [0.717, 1.165) is 12.8 Å². The Balaban J connectivity index is 1.83. The number of carbonyl (C=O) groups is 2. The lowest BCUT2D eigenvalue weighted by molar-refractivity contribution is -0.123. The van der Waals surface area contributed by atoms with Crippen molar-refractivity contribution < 1.29 is 31.9 Å². The number of halogens is 3. The summed E-state index contributed by atoms with van der Waals surface area (Å²) in [6.07, 6.45) is 0.0403. The van der Waals surface area contributed by atoms with Gasteiger partial charge in [0.25, 0.3) is 11.8 Å². The van der Waals surface area contributed by atoms with Crippen LogP contribution >= 0.6 is 0 Å². The molecule has 146 valence electrons. The maximum absolute atomic E-state index is 12.4. The second-order valence-corrected chi connectivity index (χ2v) is 5.92. The summed E-state index contributed by atoms with van der Waals surface area (Å²) in [5.41, 5.74) is -0.376. The molecule has 1 aliphatic rings. The summed E-state index contributed by atoms with van der Waals surface area (Å²) in [5.74, 6) is -1.73. The van der Waals surface area contributed by atoms with E-state index in [4.69, 9.17) is 9.15 Å². The molecule has 0 radical (unpaired) electrons. The van der Waals surface area contributed by atoms with Gasteiger partial charge in [-0.2, -0.15) is 18.3 Å². The first-order valence-electron chi connectivity index (χ1n) is 8.24. The standard InChI is InChI=1S/C16H17F3N4O4/c17-16(18,19)9-20-15(25)13-10(21-14(24)11-4-3-7-26-11)8-23(22-13)12-5-1-2-6-27-12/h3-4,7-8,12H,1-2,5-6,9H2,(H,20,25)(H,21,24). The first kappa shape index (κ1) is 19.0. The predicted molar refractivity (Wildman–Crippen MR) is 86.1 cm³/mol. The third-order valence-corrected chi connectivity index (χ3v) is 3.84. The quantitative estimate of drug-likeness (QED) is 0.823. The SMILES string of the molecule is O=C(Nc1cn(C2CCCCO2)nc1C(=O)NCC(F)(F)F)c1ccco1. The summed E-state index contributed by atoms with van der Waals surface area (Å²) in [5, 5.41) is 8.22. The zero-order valence-corrected chi connectivity index (χ0v) is 14.1. The van der Waals surface area contributed by atoms with Crippen LogP contribution in [0, 0.1) is 0 Å². The molecule has 11 heteroatoms. The molecule has 8 nitrogen and oxygen atoms in total. The van der Waals surface area contributed by atoms with Gasteiger partial charge in [-0.1, -0.05) is 0 Å². The lowest BCUT2D eigenvalue weighted by Gasteiger charge is -2.22. The van der Waals surface area contributed by atoms with Crippen LogP contribution in [0.5, 0.6) is 0 Å². The number of amides is 2. The normalized spacial score (nSPS) is 17.5. The second-order valence-electron chi connectivity index (χ2n) is 5.92. The van der Waals surface area contributed by atoms with Gasteiger partial charge >= 0.3 is 6.18 Å². The minimum Gasteiger partial charge on any atom is -0.459 e. The molecule has 0 spiro atoms. The largest absolute Gasteiger partial charge is 0.459 e. The first-order chi connectivity index (χ1) is 12.8. The van der Waals surface area contributed by atoms with Crippen LogP contribution in [0.25, 0.3) is 0 Å². The molecule has 2 amide bonds. The molecule has 0 saturated carbocycles. The van der Waals surface area contributed by atoms with Gasteiger partial charge in [-0.05, 0) is 31.4 Å². The van der Waals surface area contributed by atoms with E-state index in [-0.39, 0.29) is 17.1 Å². The predicted octanol–water partition coefficient (Wildman–Crippen LogP) is 2.72. The molecule has 1 aliphatic heterocycles. The van der Waals surface area contributed by atoms with Crippen LogP contribution in [-0.2, 0) is 4.74 Å². The number of hydrogen-bond donors (Lipinski definition) is 2. The van der Waals surface area contributed by atoms with Gasteiger partial charge in [0.2, 0.25) is 0 Å². The monoisotopic (exact) mass is 386 g/mol. The Kier molecular flexibility index (Phi) is 5.49. The molecule has 0 bridgehead atoms. The Morgan fingerprint density at radius 3 is 2.74 bits per heavy atom. The minimum atomic E-state index is -4.57. The number of carbonyl (C=O) groups excluding carboxylic acids is 2. The molecular weight excluding hydrogens is 369 g/mol. The Labute approximate surface area is 151 Å². The Morgan fingerprint density at radius 1 is 1.30 bits per heavy atom. The topological polar surface area (TPSA) is 98.4 Å². The van der Waals surface area contributed by atoms with Crippen LogP contribution in [0.3, 0.4) is 0 Å². The summed E-state index contributed by atoms with van der Waals surface area (Å²) in [7, 11) is 0. The summed E-state index contributed by atoms with van der Waals surface area (Å²) < 4.78 is 49.0. The first-order valence-corrected chi connectivity index (χ1v) is 8.24. The molecule has 2 aromatic heterocycles. The fraction of sp³-hybridized carbons (Fsp3) is 0.438. The van der Waals surface area contributed by atoms with Crippen LogP contribution in [0.1, 0.15) is 46.5 Å². The van der Waals surface area contributed by atoms with E-state index >= 15 is 0 Å². The second kappa shape index (κ2) is 7.82. The number of ether oxygens (including phenoxy) is 1. The molecule has 27 heavy (non-hydrogen) atoms. The van der Waals surface area contributed by atoms with Gasteiger partial charge in [-0.25, -0.2) is 4.68 Å². The Hall–Kier alpha value is -2.82. The lowest BCUT2D eigenvalue weighted by Crippen LogP contribution is -2.34. The fourth-order valence-corrected chi connectivity index (χ4v) is 2.59. The van der Waals surface area contributed by atoms with E-state index in [1.807, 2.05) is 0 Å². The van der Waals surface area contributed by atoms with Gasteiger partial charge in [-0.3, -0.25) is 9.59 Å². The van der Waals surface area contributed by atoms with Crippen molar-refractivity contribution in [3.63, 3.8) is 0 Å². The van der Waals surface area contributed by atoms with Gasteiger partial charge in [0.1, 0.15) is 12.8 Å². The zero-order valence-electron chi connectivity index (χ0n) is 14.1. The highest BCUT2D eigenvalue weighted by Gasteiger charge is 2.30. The van der Waals surface area contributed by atoms with E-state index in [9.17, 15) is 22.8 Å². The van der Waals surface area contributed by atoms with Gasteiger partial charge in [0, 0.05) is 6.61 Å². The van der Waals surface area contributed by atoms with Crippen molar-refractivity contribution in [1.82, 2.24) is 15.1 Å². The number of rotatable bonds is 5. The molecule has 3 rings (SSSR count). The number of aromatic nitrogens is 2. The van der Waals surface area contributed by atoms with Gasteiger partial charge in [0.15, 0.2) is 11.5 Å². The lowest BCUT2D eigenvalue weighted by atomic mass is 10.2. The number of nitrogens with one attached hydrogen (secondary N) is 2. The molecule has 3 heterocycles. The van der Waals surface area contributed by atoms with Gasteiger partial charge in [0.05, 0.1) is 18.1 Å². The smallest absolute Gasteiger partial charge is 0.405 e. The van der Waals surface area contributed by atoms with Crippen LogP contribution in [0.2, 0.25) is 0 Å². The van der Waals surface area contributed by atoms with Crippen LogP contribution < -0.4 is 10.6 Å². The highest BCUT2D eigenvalue weighted by atomic mass is 19.4. The van der Waals surface area contributed by atoms with Gasteiger partial charge < -0.3 is 19.8 Å². The molecular formula is C16H17F3N4O4. The van der Waals surface area contributed by atoms with Crippen molar-refractivity contribution in [2.75, 3.05) is 18.5 Å². The maximum Gasteiger partial charge on any atom is 0.405 e. The molecule has 0 aromatic carbocycles. The zero-order chi connectivity index (χ0) is 19.4. The number of anilines is 1. The minimum absolute atomic E-state index is 0.0154. The molecule has 2 N–H and O–H groups in total. The van der Waals surface area contributed by atoms with E-state index in [2.05, 4.69) is 10.4 Å². The van der Waals surface area contributed by atoms with Crippen LogP contribution in [0.4, 0.5) is 18.9 Å². The van der Waals surface area contributed by atoms with Crippen LogP contribution in [0.15, 0.2) is 29.0 Å². The maximum atomic E-state index is 12.4. The van der Waals surface area contributed by atoms with E-state index in [1.54, 1.807) is 5.32 Å². The molecule has 1 saturated heterocycles. The van der Waals surface area contributed by atoms with Crippen molar-refractivity contribution in [3.8, 4) is 0 Å².